The average Bonchev–Trinajstić information content (AvgIpc) is 2.49. The third kappa shape index (κ3) is 5.88. The van der Waals surface area contributed by atoms with Gasteiger partial charge in [-0.15, -0.1) is 0 Å². The van der Waals surface area contributed by atoms with Crippen molar-refractivity contribution < 1.29 is 4.79 Å². The highest BCUT2D eigenvalue weighted by atomic mass is 16.1. The lowest BCUT2D eigenvalue weighted by Gasteiger charge is -2.16. The van der Waals surface area contributed by atoms with Crippen LogP contribution in [0.3, 0.4) is 0 Å². The Morgan fingerprint density at radius 2 is 1.81 bits per heavy atom. The summed E-state index contributed by atoms with van der Waals surface area (Å²) in [6, 6.07) is 8.49. The zero-order valence-corrected chi connectivity index (χ0v) is 13.9. The van der Waals surface area contributed by atoms with Gasteiger partial charge in [0.25, 0.3) is 0 Å². The number of anilines is 1. The van der Waals surface area contributed by atoms with E-state index in [1.54, 1.807) is 0 Å². The minimum Gasteiger partial charge on any atom is -0.326 e. The van der Waals surface area contributed by atoms with Crippen molar-refractivity contribution in [3.05, 3.63) is 29.8 Å². The van der Waals surface area contributed by atoms with Gasteiger partial charge in [0.05, 0.1) is 0 Å². The van der Waals surface area contributed by atoms with Gasteiger partial charge in [-0.2, -0.15) is 0 Å². The van der Waals surface area contributed by atoms with E-state index in [0.29, 0.717) is 6.04 Å². The molecule has 3 nitrogen and oxygen atoms in total. The molecule has 2 atom stereocenters. The van der Waals surface area contributed by atoms with Gasteiger partial charge in [0, 0.05) is 17.6 Å². The molecule has 0 radical (unpaired) electrons. The standard InChI is InChI=1S/C18H30N2O/c1-5-8-9-15(6-2)18(21)20-17-12-10-16(11-13-17)14(4)19-7-3/h10-15,19H,5-9H2,1-4H3,(H,20,21). The molecule has 0 heterocycles. The topological polar surface area (TPSA) is 41.1 Å². The predicted octanol–water partition coefficient (Wildman–Crippen LogP) is 4.51. The maximum absolute atomic E-state index is 12.2. The van der Waals surface area contributed by atoms with Crippen LogP contribution in [0.4, 0.5) is 5.69 Å². The molecule has 0 fully saturated rings. The highest BCUT2D eigenvalue weighted by molar-refractivity contribution is 5.92. The monoisotopic (exact) mass is 290 g/mol. The molecule has 0 saturated carbocycles. The zero-order chi connectivity index (χ0) is 15.7. The van der Waals surface area contributed by atoms with Crippen molar-refractivity contribution in [3.8, 4) is 0 Å². The predicted molar refractivity (Wildman–Crippen MR) is 90.5 cm³/mol. The number of hydrogen-bond donors (Lipinski definition) is 2. The summed E-state index contributed by atoms with van der Waals surface area (Å²) in [7, 11) is 0. The first kappa shape index (κ1) is 17.7. The van der Waals surface area contributed by atoms with Gasteiger partial charge in [0.15, 0.2) is 0 Å². The van der Waals surface area contributed by atoms with Crippen LogP contribution in [0.5, 0.6) is 0 Å². The Hall–Kier alpha value is -1.35. The van der Waals surface area contributed by atoms with Crippen LogP contribution in [0.25, 0.3) is 0 Å². The summed E-state index contributed by atoms with van der Waals surface area (Å²) in [6.07, 6.45) is 4.14. The van der Waals surface area contributed by atoms with Crippen molar-refractivity contribution >= 4 is 11.6 Å². The third-order valence-corrected chi connectivity index (χ3v) is 3.96. The van der Waals surface area contributed by atoms with Gasteiger partial charge < -0.3 is 10.6 Å². The molecular formula is C18H30N2O. The van der Waals surface area contributed by atoms with E-state index in [-0.39, 0.29) is 11.8 Å². The Balaban J connectivity index is 2.59. The van der Waals surface area contributed by atoms with E-state index < -0.39 is 0 Å². The van der Waals surface area contributed by atoms with Crippen LogP contribution in [-0.2, 0) is 4.79 Å². The van der Waals surface area contributed by atoms with Crippen LogP contribution >= 0.6 is 0 Å². The van der Waals surface area contributed by atoms with E-state index in [4.69, 9.17) is 0 Å². The van der Waals surface area contributed by atoms with Gasteiger partial charge in [0.2, 0.25) is 5.91 Å². The highest BCUT2D eigenvalue weighted by Gasteiger charge is 2.15. The van der Waals surface area contributed by atoms with Crippen LogP contribution in [-0.4, -0.2) is 12.5 Å². The molecule has 0 aliphatic rings. The summed E-state index contributed by atoms with van der Waals surface area (Å²) in [5, 5.41) is 6.43. The van der Waals surface area contributed by atoms with E-state index in [1.807, 2.05) is 12.1 Å². The van der Waals surface area contributed by atoms with Crippen LogP contribution in [0.1, 0.15) is 65.0 Å². The molecule has 2 N–H and O–H groups in total. The van der Waals surface area contributed by atoms with E-state index in [2.05, 4.69) is 50.5 Å². The molecule has 1 rings (SSSR count). The number of unbranched alkanes of at least 4 members (excludes halogenated alkanes) is 1. The second kappa shape index (κ2) is 9.56. The first-order chi connectivity index (χ1) is 10.1. The minimum absolute atomic E-state index is 0.130. The maximum Gasteiger partial charge on any atom is 0.227 e. The Labute approximate surface area is 129 Å². The number of carbonyl (C=O) groups excluding carboxylic acids is 1. The molecule has 0 spiro atoms. The lowest BCUT2D eigenvalue weighted by Crippen LogP contribution is -2.22. The summed E-state index contributed by atoms with van der Waals surface area (Å²) in [5.74, 6) is 0.281. The van der Waals surface area contributed by atoms with Crippen LogP contribution in [0, 0.1) is 5.92 Å². The van der Waals surface area contributed by atoms with Gasteiger partial charge in [0.1, 0.15) is 0 Å². The molecule has 21 heavy (non-hydrogen) atoms. The quantitative estimate of drug-likeness (QED) is 0.702. The molecule has 1 amide bonds. The fraction of sp³-hybridized carbons (Fsp3) is 0.611. The van der Waals surface area contributed by atoms with Crippen molar-refractivity contribution in [2.24, 2.45) is 5.92 Å². The Bertz CT molecular complexity index is 414. The molecule has 0 aromatic heterocycles. The molecule has 2 unspecified atom stereocenters. The summed E-state index contributed by atoms with van der Waals surface area (Å²) in [5.41, 5.74) is 2.13. The summed E-state index contributed by atoms with van der Waals surface area (Å²) in [6.45, 7) is 9.45. The smallest absolute Gasteiger partial charge is 0.227 e. The first-order valence-electron chi connectivity index (χ1n) is 8.26. The number of amides is 1. The zero-order valence-electron chi connectivity index (χ0n) is 13.9. The second-order valence-electron chi connectivity index (χ2n) is 5.64. The Morgan fingerprint density at radius 3 is 2.33 bits per heavy atom. The van der Waals surface area contributed by atoms with Crippen molar-refractivity contribution in [2.75, 3.05) is 11.9 Å². The molecule has 3 heteroatoms. The number of carbonyl (C=O) groups is 1. The first-order valence-corrected chi connectivity index (χ1v) is 8.26. The Kier molecular flexibility index (Phi) is 8.06. The summed E-state index contributed by atoms with van der Waals surface area (Å²) >= 11 is 0. The molecule has 0 aliphatic heterocycles. The number of benzene rings is 1. The third-order valence-electron chi connectivity index (χ3n) is 3.96. The molecule has 1 aromatic rings. The van der Waals surface area contributed by atoms with E-state index in [1.165, 1.54) is 5.56 Å². The van der Waals surface area contributed by atoms with Crippen LogP contribution < -0.4 is 10.6 Å². The number of nitrogens with one attached hydrogen (secondary N) is 2. The normalized spacial score (nSPS) is 13.7. The molecular weight excluding hydrogens is 260 g/mol. The van der Waals surface area contributed by atoms with Gasteiger partial charge >= 0.3 is 0 Å². The van der Waals surface area contributed by atoms with Crippen molar-refractivity contribution in [1.29, 1.82) is 0 Å². The van der Waals surface area contributed by atoms with Gasteiger partial charge in [-0.1, -0.05) is 45.7 Å². The molecule has 0 aliphatic carbocycles. The van der Waals surface area contributed by atoms with Gasteiger partial charge in [-0.25, -0.2) is 0 Å². The Morgan fingerprint density at radius 1 is 1.14 bits per heavy atom. The van der Waals surface area contributed by atoms with Crippen LogP contribution in [0.15, 0.2) is 24.3 Å². The number of rotatable bonds is 9. The van der Waals surface area contributed by atoms with Crippen molar-refractivity contribution in [1.82, 2.24) is 5.32 Å². The lowest BCUT2D eigenvalue weighted by molar-refractivity contribution is -0.120. The average molecular weight is 290 g/mol. The molecule has 0 bridgehead atoms. The second-order valence-corrected chi connectivity index (χ2v) is 5.64. The van der Waals surface area contributed by atoms with Crippen molar-refractivity contribution in [2.45, 2.75) is 59.4 Å². The summed E-state index contributed by atoms with van der Waals surface area (Å²) in [4.78, 5) is 12.2. The van der Waals surface area contributed by atoms with Gasteiger partial charge in [-0.05, 0) is 44.0 Å². The van der Waals surface area contributed by atoms with E-state index >= 15 is 0 Å². The van der Waals surface area contributed by atoms with Gasteiger partial charge in [-0.3, -0.25) is 4.79 Å². The molecule has 118 valence electrons. The lowest BCUT2D eigenvalue weighted by atomic mass is 9.98. The molecule has 1 aromatic carbocycles. The SMILES string of the molecule is CCCCC(CC)C(=O)Nc1ccc(C(C)NCC)cc1. The van der Waals surface area contributed by atoms with E-state index in [9.17, 15) is 4.79 Å². The maximum atomic E-state index is 12.2. The van der Waals surface area contributed by atoms with Crippen molar-refractivity contribution in [3.63, 3.8) is 0 Å². The molecule has 0 saturated heterocycles. The fourth-order valence-electron chi connectivity index (χ4n) is 2.49. The van der Waals surface area contributed by atoms with Crippen LogP contribution in [0.2, 0.25) is 0 Å². The number of hydrogen-bond acceptors (Lipinski definition) is 2. The summed E-state index contributed by atoms with van der Waals surface area (Å²) < 4.78 is 0. The fourth-order valence-corrected chi connectivity index (χ4v) is 2.49. The highest BCUT2D eigenvalue weighted by Crippen LogP contribution is 2.19. The van der Waals surface area contributed by atoms with E-state index in [0.717, 1.165) is 37.9 Å². The largest absolute Gasteiger partial charge is 0.326 e. The minimum atomic E-state index is 0.130.